The van der Waals surface area contributed by atoms with Gasteiger partial charge in [-0.15, -0.1) is 0 Å². The van der Waals surface area contributed by atoms with Crippen molar-refractivity contribution in [3.05, 3.63) is 12.2 Å². The minimum atomic E-state index is -0.952. The molecule has 0 unspecified atom stereocenters. The average Bonchev–Trinajstić information content (AvgIpc) is 2.20. The highest BCUT2D eigenvalue weighted by atomic mass is 16.4. The number of hydrogen-bond acceptors (Lipinski definition) is 3. The van der Waals surface area contributed by atoms with Crippen molar-refractivity contribution >= 4 is 12.3 Å². The zero-order valence-electron chi connectivity index (χ0n) is 9.11. The van der Waals surface area contributed by atoms with Crippen LogP contribution >= 0.6 is 0 Å². The van der Waals surface area contributed by atoms with Gasteiger partial charge in [0.15, 0.2) is 0 Å². The van der Waals surface area contributed by atoms with Crippen LogP contribution in [-0.2, 0) is 9.59 Å². The lowest BCUT2D eigenvalue weighted by atomic mass is 10.1. The molecule has 0 saturated heterocycles. The van der Waals surface area contributed by atoms with Gasteiger partial charge >= 0.3 is 0 Å². The Bertz CT molecular complexity index is 197. The van der Waals surface area contributed by atoms with Crippen LogP contribution in [0.25, 0.3) is 0 Å². The number of hydrogen-bond donors (Lipinski definition) is 0. The van der Waals surface area contributed by atoms with Crippen LogP contribution in [0.3, 0.4) is 0 Å². The molecule has 0 saturated carbocycles. The average molecular weight is 211 g/mol. The minimum absolute atomic E-state index is 0.180. The van der Waals surface area contributed by atoms with Gasteiger partial charge in [0.1, 0.15) is 6.29 Å². The molecule has 0 atom stereocenters. The molecule has 0 heterocycles. The monoisotopic (exact) mass is 211 g/mol. The van der Waals surface area contributed by atoms with E-state index in [0.29, 0.717) is 6.42 Å². The zero-order chi connectivity index (χ0) is 11.4. The van der Waals surface area contributed by atoms with Crippen LogP contribution in [0.15, 0.2) is 12.2 Å². The molecule has 86 valence electrons. The molecule has 0 spiro atoms. The van der Waals surface area contributed by atoms with Gasteiger partial charge in [-0.05, 0) is 25.7 Å². The molecule has 0 aliphatic carbocycles. The van der Waals surface area contributed by atoms with Gasteiger partial charge < -0.3 is 14.7 Å². The maximum atomic E-state index is 10.1. The molecular weight excluding hydrogens is 192 g/mol. The standard InChI is InChI=1S/C12H20O3/c13-11-9-7-5-3-1-2-4-6-8-10-12(14)15/h5,7,11H,1-4,6,8-10H2,(H,14,15)/p-1/b7-5-. The number of carboxylic acids is 1. The second kappa shape index (κ2) is 11.0. The summed E-state index contributed by atoms with van der Waals surface area (Å²) in [7, 11) is 0. The third kappa shape index (κ3) is 12.9. The Morgan fingerprint density at radius 2 is 1.67 bits per heavy atom. The molecule has 3 nitrogen and oxygen atoms in total. The molecule has 0 aromatic heterocycles. The van der Waals surface area contributed by atoms with Crippen LogP contribution < -0.4 is 5.11 Å². The molecule has 0 N–H and O–H groups in total. The highest BCUT2D eigenvalue weighted by molar-refractivity contribution is 5.64. The van der Waals surface area contributed by atoms with E-state index in [0.717, 1.165) is 44.8 Å². The summed E-state index contributed by atoms with van der Waals surface area (Å²) in [5.74, 6) is -0.952. The molecular formula is C12H19O3-. The molecule has 0 bridgehead atoms. The first-order valence-electron chi connectivity index (χ1n) is 5.56. The van der Waals surface area contributed by atoms with E-state index in [9.17, 15) is 14.7 Å². The number of aldehydes is 1. The van der Waals surface area contributed by atoms with Gasteiger partial charge in [-0.2, -0.15) is 0 Å². The number of rotatable bonds is 10. The van der Waals surface area contributed by atoms with E-state index in [2.05, 4.69) is 0 Å². The number of carbonyl (C=O) groups excluding carboxylic acids is 2. The number of allylic oxidation sites excluding steroid dienone is 2. The first-order valence-corrected chi connectivity index (χ1v) is 5.56. The smallest absolute Gasteiger partial charge is 0.123 e. The Kier molecular flexibility index (Phi) is 10.1. The van der Waals surface area contributed by atoms with E-state index in [-0.39, 0.29) is 6.42 Å². The predicted molar refractivity (Wildman–Crippen MR) is 57.1 cm³/mol. The molecule has 0 aliphatic rings. The summed E-state index contributed by atoms with van der Waals surface area (Å²) in [4.78, 5) is 20.0. The van der Waals surface area contributed by atoms with Gasteiger partial charge in [0, 0.05) is 12.4 Å². The lowest BCUT2D eigenvalue weighted by Crippen LogP contribution is -2.21. The highest BCUT2D eigenvalue weighted by Crippen LogP contribution is 2.07. The molecule has 0 radical (unpaired) electrons. The SMILES string of the molecule is O=CC/C=C\CCCCCCCC(=O)[O-]. The highest BCUT2D eigenvalue weighted by Gasteiger charge is 1.90. The second-order valence-electron chi connectivity index (χ2n) is 3.55. The van der Waals surface area contributed by atoms with Crippen molar-refractivity contribution in [3.8, 4) is 0 Å². The first-order chi connectivity index (χ1) is 7.27. The van der Waals surface area contributed by atoms with Gasteiger partial charge in [-0.1, -0.05) is 31.4 Å². The van der Waals surface area contributed by atoms with E-state index in [1.54, 1.807) is 0 Å². The van der Waals surface area contributed by atoms with Gasteiger partial charge in [0.2, 0.25) is 0 Å². The van der Waals surface area contributed by atoms with E-state index in [1.165, 1.54) is 0 Å². The van der Waals surface area contributed by atoms with E-state index in [1.807, 2.05) is 12.2 Å². The third-order valence-electron chi connectivity index (χ3n) is 2.15. The minimum Gasteiger partial charge on any atom is -0.550 e. The molecule has 0 aliphatic heterocycles. The van der Waals surface area contributed by atoms with E-state index in [4.69, 9.17) is 0 Å². The summed E-state index contributed by atoms with van der Waals surface area (Å²) < 4.78 is 0. The third-order valence-corrected chi connectivity index (χ3v) is 2.15. The van der Waals surface area contributed by atoms with Crippen LogP contribution in [0.5, 0.6) is 0 Å². The normalized spacial score (nSPS) is 10.7. The molecule has 0 rings (SSSR count). The molecule has 0 aromatic carbocycles. The van der Waals surface area contributed by atoms with Crippen molar-refractivity contribution in [2.75, 3.05) is 0 Å². The maximum Gasteiger partial charge on any atom is 0.123 e. The van der Waals surface area contributed by atoms with Crippen LogP contribution in [0.2, 0.25) is 0 Å². The predicted octanol–water partition coefficient (Wildman–Crippen LogP) is 1.61. The molecule has 15 heavy (non-hydrogen) atoms. The van der Waals surface area contributed by atoms with Crippen molar-refractivity contribution in [1.82, 2.24) is 0 Å². The van der Waals surface area contributed by atoms with Gasteiger partial charge in [0.25, 0.3) is 0 Å². The summed E-state index contributed by atoms with van der Waals surface area (Å²) in [5.41, 5.74) is 0. The Hall–Kier alpha value is -1.12. The van der Waals surface area contributed by atoms with Crippen molar-refractivity contribution in [3.63, 3.8) is 0 Å². The summed E-state index contributed by atoms with van der Waals surface area (Å²) in [6.07, 6.45) is 11.5. The van der Waals surface area contributed by atoms with E-state index < -0.39 is 5.97 Å². The number of aliphatic carboxylic acids is 1. The fourth-order valence-electron chi connectivity index (χ4n) is 1.33. The van der Waals surface area contributed by atoms with Crippen LogP contribution in [0.1, 0.15) is 51.4 Å². The van der Waals surface area contributed by atoms with Crippen molar-refractivity contribution < 1.29 is 14.7 Å². The molecule has 0 amide bonds. The van der Waals surface area contributed by atoms with Crippen LogP contribution in [0, 0.1) is 0 Å². The number of unbranched alkanes of at least 4 members (excludes halogenated alkanes) is 5. The lowest BCUT2D eigenvalue weighted by molar-refractivity contribution is -0.305. The quantitative estimate of drug-likeness (QED) is 0.313. The zero-order valence-corrected chi connectivity index (χ0v) is 9.11. The van der Waals surface area contributed by atoms with Crippen molar-refractivity contribution in [2.24, 2.45) is 0 Å². The number of carboxylic acid groups (broad SMARTS) is 1. The summed E-state index contributed by atoms with van der Waals surface area (Å²) in [6, 6.07) is 0. The van der Waals surface area contributed by atoms with E-state index >= 15 is 0 Å². The second-order valence-corrected chi connectivity index (χ2v) is 3.55. The number of carbonyl (C=O) groups is 2. The molecule has 0 fully saturated rings. The fourth-order valence-corrected chi connectivity index (χ4v) is 1.33. The van der Waals surface area contributed by atoms with Crippen molar-refractivity contribution in [1.29, 1.82) is 0 Å². The van der Waals surface area contributed by atoms with Gasteiger partial charge in [0.05, 0.1) is 0 Å². The van der Waals surface area contributed by atoms with Gasteiger partial charge in [-0.3, -0.25) is 0 Å². The molecule has 3 heteroatoms. The topological polar surface area (TPSA) is 57.2 Å². The fraction of sp³-hybridized carbons (Fsp3) is 0.667. The summed E-state index contributed by atoms with van der Waals surface area (Å²) in [6.45, 7) is 0. The largest absolute Gasteiger partial charge is 0.550 e. The Morgan fingerprint density at radius 3 is 2.33 bits per heavy atom. The van der Waals surface area contributed by atoms with Crippen LogP contribution in [-0.4, -0.2) is 12.3 Å². The van der Waals surface area contributed by atoms with Crippen LogP contribution in [0.4, 0.5) is 0 Å². The molecule has 0 aromatic rings. The Morgan fingerprint density at radius 1 is 1.00 bits per heavy atom. The summed E-state index contributed by atoms with van der Waals surface area (Å²) in [5, 5.41) is 10.1. The first kappa shape index (κ1) is 13.9. The summed E-state index contributed by atoms with van der Waals surface area (Å²) >= 11 is 0. The maximum absolute atomic E-state index is 10.1. The Balaban J connectivity index is 3.04. The Labute approximate surface area is 91.2 Å². The lowest BCUT2D eigenvalue weighted by Gasteiger charge is -2.01. The van der Waals surface area contributed by atoms with Gasteiger partial charge in [-0.25, -0.2) is 0 Å². The van der Waals surface area contributed by atoms with Crippen molar-refractivity contribution in [2.45, 2.75) is 51.4 Å².